The van der Waals surface area contributed by atoms with Crippen molar-refractivity contribution >= 4 is 17.6 Å². The molecule has 0 radical (unpaired) electrons. The second-order valence-electron chi connectivity index (χ2n) is 9.80. The molecule has 2 saturated heterocycles. The highest BCUT2D eigenvalue weighted by Crippen LogP contribution is 2.47. The molecule has 2 N–H and O–H groups in total. The minimum atomic E-state index is -0.291. The zero-order valence-electron chi connectivity index (χ0n) is 16.6. The van der Waals surface area contributed by atoms with Gasteiger partial charge in [0.15, 0.2) is 0 Å². The van der Waals surface area contributed by atoms with Crippen LogP contribution in [0.15, 0.2) is 24.3 Å². The number of urea groups is 1. The van der Waals surface area contributed by atoms with Crippen molar-refractivity contribution in [3.8, 4) is 0 Å². The maximum Gasteiger partial charge on any atom is 0.322 e. The molecule has 27 heavy (non-hydrogen) atoms. The summed E-state index contributed by atoms with van der Waals surface area (Å²) in [6.07, 6.45) is 6.27. The number of hydrogen-bond acceptors (Lipinski definition) is 2. The van der Waals surface area contributed by atoms with Crippen molar-refractivity contribution in [2.75, 3.05) is 11.9 Å². The SMILES string of the molecule is CC(C)(C)NC(=O)c1cccc(NC(=O)N2CC3CC4CC(C3)CC2C4)c1. The molecule has 3 amide bonds. The van der Waals surface area contributed by atoms with Crippen LogP contribution in [-0.4, -0.2) is 35.0 Å². The third-order valence-electron chi connectivity index (χ3n) is 6.23. The maximum absolute atomic E-state index is 13.0. The van der Waals surface area contributed by atoms with Crippen LogP contribution in [-0.2, 0) is 0 Å². The summed E-state index contributed by atoms with van der Waals surface area (Å²) in [7, 11) is 0. The van der Waals surface area contributed by atoms with Crippen LogP contribution in [0.5, 0.6) is 0 Å². The van der Waals surface area contributed by atoms with Crippen molar-refractivity contribution in [3.63, 3.8) is 0 Å². The molecule has 5 heteroatoms. The van der Waals surface area contributed by atoms with Crippen molar-refractivity contribution in [1.29, 1.82) is 0 Å². The molecule has 5 nitrogen and oxygen atoms in total. The molecule has 2 aliphatic heterocycles. The van der Waals surface area contributed by atoms with E-state index in [1.807, 2.05) is 32.9 Å². The highest BCUT2D eigenvalue weighted by Gasteiger charge is 2.44. The van der Waals surface area contributed by atoms with Crippen molar-refractivity contribution in [1.82, 2.24) is 10.2 Å². The summed E-state index contributed by atoms with van der Waals surface area (Å²) in [4.78, 5) is 27.5. The molecule has 4 fully saturated rings. The largest absolute Gasteiger partial charge is 0.347 e. The number of nitrogens with one attached hydrogen (secondary N) is 2. The third-order valence-corrected chi connectivity index (χ3v) is 6.23. The first-order chi connectivity index (χ1) is 12.8. The average Bonchev–Trinajstić information content (AvgIpc) is 2.77. The fraction of sp³-hybridized carbons (Fsp3) is 0.636. The third kappa shape index (κ3) is 4.12. The number of carbonyl (C=O) groups is 2. The van der Waals surface area contributed by atoms with E-state index >= 15 is 0 Å². The van der Waals surface area contributed by atoms with E-state index in [9.17, 15) is 9.59 Å². The molecule has 5 rings (SSSR count). The Kier molecular flexibility index (Phi) is 4.65. The molecule has 0 spiro atoms. The summed E-state index contributed by atoms with van der Waals surface area (Å²) < 4.78 is 0. The van der Waals surface area contributed by atoms with Gasteiger partial charge in [0.25, 0.3) is 5.91 Å². The van der Waals surface area contributed by atoms with Crippen molar-refractivity contribution in [2.24, 2.45) is 17.8 Å². The lowest BCUT2D eigenvalue weighted by Crippen LogP contribution is -2.44. The molecule has 2 saturated carbocycles. The van der Waals surface area contributed by atoms with Gasteiger partial charge < -0.3 is 15.5 Å². The molecule has 1 aromatic carbocycles. The Labute approximate surface area is 161 Å². The fourth-order valence-corrected chi connectivity index (χ4v) is 5.38. The zero-order chi connectivity index (χ0) is 19.2. The monoisotopic (exact) mass is 369 g/mol. The van der Waals surface area contributed by atoms with Gasteiger partial charge in [0.1, 0.15) is 0 Å². The van der Waals surface area contributed by atoms with E-state index < -0.39 is 0 Å². The number of benzene rings is 1. The molecule has 146 valence electrons. The molecule has 2 aliphatic carbocycles. The van der Waals surface area contributed by atoms with Crippen LogP contribution < -0.4 is 10.6 Å². The lowest BCUT2D eigenvalue weighted by molar-refractivity contribution is 0.0919. The lowest BCUT2D eigenvalue weighted by Gasteiger charge is -2.38. The summed E-state index contributed by atoms with van der Waals surface area (Å²) in [5.74, 6) is 2.17. The number of carbonyl (C=O) groups excluding carboxylic acids is 2. The minimum Gasteiger partial charge on any atom is -0.347 e. The van der Waals surface area contributed by atoms with E-state index in [0.717, 1.165) is 31.2 Å². The smallest absolute Gasteiger partial charge is 0.322 e. The van der Waals surface area contributed by atoms with Gasteiger partial charge in [0, 0.05) is 29.4 Å². The standard InChI is InChI=1S/C22H31N3O2/c1-22(2,3)24-20(26)17-5-4-6-18(12-17)23-21(27)25-13-16-8-14-7-15(9-16)11-19(25)10-14/h4-6,12,14-16,19H,7-11,13H2,1-3H3,(H,23,27)(H,24,26). The molecular weight excluding hydrogens is 338 g/mol. The van der Waals surface area contributed by atoms with Crippen LogP contribution in [0.3, 0.4) is 0 Å². The number of hydrogen-bond donors (Lipinski definition) is 2. The highest BCUT2D eigenvalue weighted by atomic mass is 16.2. The van der Waals surface area contributed by atoms with Crippen molar-refractivity contribution in [3.05, 3.63) is 29.8 Å². The Balaban J connectivity index is 1.45. The predicted octanol–water partition coefficient (Wildman–Crippen LogP) is 4.26. The first kappa shape index (κ1) is 18.3. The first-order valence-corrected chi connectivity index (χ1v) is 10.3. The molecule has 1 aromatic rings. The Bertz CT molecular complexity index is 725. The summed E-state index contributed by atoms with van der Waals surface area (Å²) in [5, 5.41) is 6.01. The molecule has 0 aromatic heterocycles. The van der Waals surface area contributed by atoms with Crippen LogP contribution in [0.2, 0.25) is 0 Å². The van der Waals surface area contributed by atoms with E-state index in [2.05, 4.69) is 15.5 Å². The van der Waals surface area contributed by atoms with Crippen LogP contribution in [0.4, 0.5) is 10.5 Å². The first-order valence-electron chi connectivity index (χ1n) is 10.3. The normalized spacial score (nSPS) is 29.4. The minimum absolute atomic E-state index is 0.0124. The molecule has 2 atom stereocenters. The average molecular weight is 370 g/mol. The van der Waals surface area contributed by atoms with Crippen molar-refractivity contribution in [2.45, 2.75) is 64.5 Å². The topological polar surface area (TPSA) is 61.4 Å². The van der Waals surface area contributed by atoms with Gasteiger partial charge >= 0.3 is 6.03 Å². The number of rotatable bonds is 2. The Morgan fingerprint density at radius 1 is 1.00 bits per heavy atom. The summed E-state index contributed by atoms with van der Waals surface area (Å²) in [6, 6.07) is 7.59. The number of fused-ring (bicyclic) bond motifs is 1. The molecular formula is C22H31N3O2. The Morgan fingerprint density at radius 2 is 1.67 bits per heavy atom. The highest BCUT2D eigenvalue weighted by molar-refractivity contribution is 5.97. The molecule has 4 bridgehead atoms. The molecule has 4 aliphatic rings. The van der Waals surface area contributed by atoms with Gasteiger partial charge in [-0.3, -0.25) is 4.79 Å². The number of nitrogens with zero attached hydrogens (tertiary/aromatic N) is 1. The zero-order valence-corrected chi connectivity index (χ0v) is 16.6. The van der Waals surface area contributed by atoms with Gasteiger partial charge in [-0.2, -0.15) is 0 Å². The van der Waals surface area contributed by atoms with Gasteiger partial charge in [-0.1, -0.05) is 6.07 Å². The van der Waals surface area contributed by atoms with E-state index in [4.69, 9.17) is 0 Å². The second kappa shape index (κ2) is 6.84. The van der Waals surface area contributed by atoms with Crippen LogP contribution in [0.25, 0.3) is 0 Å². The van der Waals surface area contributed by atoms with Crippen LogP contribution in [0.1, 0.15) is 63.2 Å². The van der Waals surface area contributed by atoms with E-state index in [-0.39, 0.29) is 17.5 Å². The van der Waals surface area contributed by atoms with Gasteiger partial charge in [-0.15, -0.1) is 0 Å². The number of anilines is 1. The van der Waals surface area contributed by atoms with Gasteiger partial charge in [0.2, 0.25) is 0 Å². The van der Waals surface area contributed by atoms with E-state index in [1.54, 1.807) is 12.1 Å². The van der Waals surface area contributed by atoms with E-state index in [0.29, 0.717) is 23.2 Å². The van der Waals surface area contributed by atoms with Crippen LogP contribution in [0, 0.1) is 17.8 Å². The summed E-state index contributed by atoms with van der Waals surface area (Å²) in [6.45, 7) is 6.75. The van der Waals surface area contributed by atoms with E-state index in [1.165, 1.54) is 19.3 Å². The summed E-state index contributed by atoms with van der Waals surface area (Å²) >= 11 is 0. The quantitative estimate of drug-likeness (QED) is 0.818. The Morgan fingerprint density at radius 3 is 2.33 bits per heavy atom. The molecule has 2 unspecified atom stereocenters. The van der Waals surface area contributed by atoms with Crippen molar-refractivity contribution < 1.29 is 9.59 Å². The fourth-order valence-electron chi connectivity index (χ4n) is 5.38. The molecule has 2 heterocycles. The maximum atomic E-state index is 13.0. The predicted molar refractivity (Wildman–Crippen MR) is 107 cm³/mol. The van der Waals surface area contributed by atoms with Gasteiger partial charge in [-0.05, 0) is 88.8 Å². The Hall–Kier alpha value is -2.04. The van der Waals surface area contributed by atoms with Crippen LogP contribution >= 0.6 is 0 Å². The van der Waals surface area contributed by atoms with Gasteiger partial charge in [0.05, 0.1) is 0 Å². The lowest BCUT2D eigenvalue weighted by atomic mass is 9.68. The number of amides is 3. The van der Waals surface area contributed by atoms with Gasteiger partial charge in [-0.25, -0.2) is 4.79 Å². The second-order valence-corrected chi connectivity index (χ2v) is 9.80. The summed E-state index contributed by atoms with van der Waals surface area (Å²) in [5.41, 5.74) is 0.963.